The summed E-state index contributed by atoms with van der Waals surface area (Å²) in [6.45, 7) is 5.31. The van der Waals surface area contributed by atoms with Crippen molar-refractivity contribution in [2.45, 2.75) is 26.0 Å². The minimum Gasteiger partial charge on any atom is -0.490 e. The molecule has 3 heteroatoms. The molecule has 0 amide bonds. The van der Waals surface area contributed by atoms with E-state index in [2.05, 4.69) is 40.1 Å². The van der Waals surface area contributed by atoms with Crippen molar-refractivity contribution in [1.29, 1.82) is 0 Å². The highest BCUT2D eigenvalue weighted by Crippen LogP contribution is 2.29. The van der Waals surface area contributed by atoms with Crippen LogP contribution in [0.15, 0.2) is 54.6 Å². The molecule has 1 N–H and O–H groups in total. The molecule has 23 heavy (non-hydrogen) atoms. The average molecular weight is 314 g/mol. The molecule has 0 saturated heterocycles. The molecule has 2 rings (SSSR count). The lowest BCUT2D eigenvalue weighted by Crippen LogP contribution is -2.51. The van der Waals surface area contributed by atoms with Gasteiger partial charge in [-0.3, -0.25) is 0 Å². The van der Waals surface area contributed by atoms with Gasteiger partial charge in [0, 0.05) is 5.56 Å². The van der Waals surface area contributed by atoms with Gasteiger partial charge in [0.15, 0.2) is 0 Å². The number of likely N-dealkylation sites (N-methyl/N-ethyl adjacent to an activating group) is 1. The fraction of sp³-hybridized carbons (Fsp3) is 0.400. The summed E-state index contributed by atoms with van der Waals surface area (Å²) in [7, 11) is 4.26. The van der Waals surface area contributed by atoms with Crippen LogP contribution in [0.1, 0.15) is 13.8 Å². The number of hydrogen-bond donors (Lipinski definition) is 1. The maximum Gasteiger partial charge on any atom is 0.137 e. The van der Waals surface area contributed by atoms with E-state index in [9.17, 15) is 5.11 Å². The molecule has 0 spiro atoms. The molecule has 0 heterocycles. The molecule has 2 aromatic rings. The van der Waals surface area contributed by atoms with Gasteiger partial charge in [0.05, 0.1) is 20.1 Å². The van der Waals surface area contributed by atoms with Crippen molar-refractivity contribution in [3.8, 4) is 16.9 Å². The van der Waals surface area contributed by atoms with Gasteiger partial charge in [-0.25, -0.2) is 0 Å². The molecular formula is C20H28NO2+. The topological polar surface area (TPSA) is 29.5 Å². The third-order valence-electron chi connectivity index (χ3n) is 4.48. The molecule has 0 radical (unpaired) electrons. The molecule has 1 atom stereocenters. The molecule has 2 aromatic carbocycles. The van der Waals surface area contributed by atoms with Crippen molar-refractivity contribution in [2.24, 2.45) is 0 Å². The highest BCUT2D eigenvalue weighted by Gasteiger charge is 2.24. The zero-order chi connectivity index (χ0) is 16.9. The van der Waals surface area contributed by atoms with Crippen LogP contribution in [0.5, 0.6) is 5.75 Å². The fourth-order valence-corrected chi connectivity index (χ4v) is 2.44. The van der Waals surface area contributed by atoms with E-state index in [1.807, 2.05) is 42.5 Å². The first kappa shape index (κ1) is 17.5. The monoisotopic (exact) mass is 314 g/mol. The standard InChI is InChI=1S/C20H28NO2/c1-16(2)21(3,4)14-18(22)15-23-20-13-9-8-12-19(20)17-10-6-5-7-11-17/h5-13,16,18,22H,14-15H2,1-4H3/q+1/t18-/m0/s1. The molecule has 0 aliphatic carbocycles. The normalized spacial score (nSPS) is 13.1. The van der Waals surface area contributed by atoms with E-state index in [1.54, 1.807) is 0 Å². The minimum atomic E-state index is -0.490. The Labute approximate surface area is 139 Å². The van der Waals surface area contributed by atoms with E-state index in [1.165, 1.54) is 0 Å². The molecule has 0 aliphatic rings. The first-order valence-corrected chi connectivity index (χ1v) is 8.18. The van der Waals surface area contributed by atoms with Gasteiger partial charge in [0.25, 0.3) is 0 Å². The summed E-state index contributed by atoms with van der Waals surface area (Å²) < 4.78 is 6.69. The van der Waals surface area contributed by atoms with Crippen LogP contribution in [-0.4, -0.2) is 49.0 Å². The van der Waals surface area contributed by atoms with Crippen LogP contribution < -0.4 is 4.74 Å². The van der Waals surface area contributed by atoms with E-state index in [-0.39, 0.29) is 0 Å². The molecule has 0 unspecified atom stereocenters. The maximum atomic E-state index is 10.3. The van der Waals surface area contributed by atoms with Crippen LogP contribution in [0.3, 0.4) is 0 Å². The Morgan fingerprint density at radius 1 is 0.957 bits per heavy atom. The number of nitrogens with zero attached hydrogens (tertiary/aromatic N) is 1. The first-order valence-electron chi connectivity index (χ1n) is 8.18. The Morgan fingerprint density at radius 3 is 2.22 bits per heavy atom. The summed E-state index contributed by atoms with van der Waals surface area (Å²) in [6.07, 6.45) is -0.490. The van der Waals surface area contributed by atoms with Crippen molar-refractivity contribution in [1.82, 2.24) is 0 Å². The number of hydrogen-bond acceptors (Lipinski definition) is 2. The summed E-state index contributed by atoms with van der Waals surface area (Å²) >= 11 is 0. The van der Waals surface area contributed by atoms with Gasteiger partial charge < -0.3 is 14.3 Å². The molecule has 0 aromatic heterocycles. The predicted octanol–water partition coefficient (Wildman–Crippen LogP) is 3.58. The van der Waals surface area contributed by atoms with Crippen LogP contribution in [0.25, 0.3) is 11.1 Å². The number of benzene rings is 2. The second-order valence-electron chi connectivity index (χ2n) is 6.88. The lowest BCUT2D eigenvalue weighted by molar-refractivity contribution is -0.914. The Kier molecular flexibility index (Phi) is 5.80. The van der Waals surface area contributed by atoms with Gasteiger partial charge in [-0.05, 0) is 25.5 Å². The summed E-state index contributed by atoms with van der Waals surface area (Å²) in [5.41, 5.74) is 2.17. The van der Waals surface area contributed by atoms with E-state index in [0.29, 0.717) is 19.2 Å². The van der Waals surface area contributed by atoms with E-state index >= 15 is 0 Å². The van der Waals surface area contributed by atoms with E-state index in [4.69, 9.17) is 4.74 Å². The van der Waals surface area contributed by atoms with Crippen LogP contribution in [0, 0.1) is 0 Å². The number of quaternary nitrogens is 1. The lowest BCUT2D eigenvalue weighted by atomic mass is 10.1. The van der Waals surface area contributed by atoms with Crippen molar-refractivity contribution in [3.63, 3.8) is 0 Å². The van der Waals surface area contributed by atoms with Crippen molar-refractivity contribution in [3.05, 3.63) is 54.6 Å². The molecule has 0 aliphatic heterocycles. The fourth-order valence-electron chi connectivity index (χ4n) is 2.44. The van der Waals surface area contributed by atoms with Crippen molar-refractivity contribution >= 4 is 0 Å². The highest BCUT2D eigenvalue weighted by atomic mass is 16.5. The van der Waals surface area contributed by atoms with Crippen LogP contribution in [0.4, 0.5) is 0 Å². The predicted molar refractivity (Wildman–Crippen MR) is 95.5 cm³/mol. The molecule has 0 saturated carbocycles. The molecule has 0 fully saturated rings. The van der Waals surface area contributed by atoms with Crippen LogP contribution >= 0.6 is 0 Å². The Bertz CT molecular complexity index is 608. The number of rotatable bonds is 7. The molecular weight excluding hydrogens is 286 g/mol. The Hall–Kier alpha value is -1.84. The SMILES string of the molecule is CC(C)[N+](C)(C)C[C@H](O)COc1ccccc1-c1ccccc1. The number of aliphatic hydroxyl groups excluding tert-OH is 1. The number of ether oxygens (including phenoxy) is 1. The zero-order valence-electron chi connectivity index (χ0n) is 14.6. The molecule has 0 bridgehead atoms. The van der Waals surface area contributed by atoms with E-state index < -0.39 is 6.10 Å². The van der Waals surface area contributed by atoms with Gasteiger partial charge in [-0.15, -0.1) is 0 Å². The van der Waals surface area contributed by atoms with Crippen molar-refractivity contribution in [2.75, 3.05) is 27.2 Å². The van der Waals surface area contributed by atoms with Crippen LogP contribution in [-0.2, 0) is 0 Å². The van der Waals surface area contributed by atoms with Gasteiger partial charge in [0.2, 0.25) is 0 Å². The minimum absolute atomic E-state index is 0.304. The quantitative estimate of drug-likeness (QED) is 0.792. The summed E-state index contributed by atoms with van der Waals surface area (Å²) in [4.78, 5) is 0. The smallest absolute Gasteiger partial charge is 0.137 e. The Balaban J connectivity index is 2.04. The largest absolute Gasteiger partial charge is 0.490 e. The van der Waals surface area contributed by atoms with E-state index in [0.717, 1.165) is 21.4 Å². The van der Waals surface area contributed by atoms with Gasteiger partial charge in [-0.1, -0.05) is 48.5 Å². The Morgan fingerprint density at radius 2 is 1.57 bits per heavy atom. The number of para-hydroxylation sites is 1. The second-order valence-corrected chi connectivity index (χ2v) is 6.88. The summed E-state index contributed by atoms with van der Waals surface area (Å²) in [6, 6.07) is 18.6. The lowest BCUT2D eigenvalue weighted by Gasteiger charge is -2.35. The average Bonchev–Trinajstić information content (AvgIpc) is 2.53. The summed E-state index contributed by atoms with van der Waals surface area (Å²) in [5.74, 6) is 0.813. The zero-order valence-corrected chi connectivity index (χ0v) is 14.6. The maximum absolute atomic E-state index is 10.3. The molecule has 124 valence electrons. The number of aliphatic hydroxyl groups is 1. The van der Waals surface area contributed by atoms with Gasteiger partial charge in [-0.2, -0.15) is 0 Å². The van der Waals surface area contributed by atoms with Crippen molar-refractivity contribution < 1.29 is 14.3 Å². The second kappa shape index (κ2) is 7.62. The van der Waals surface area contributed by atoms with Gasteiger partial charge in [0.1, 0.15) is 25.0 Å². The first-order chi connectivity index (χ1) is 10.9. The molecule has 3 nitrogen and oxygen atoms in total. The van der Waals surface area contributed by atoms with Crippen LogP contribution in [0.2, 0.25) is 0 Å². The third kappa shape index (κ3) is 4.81. The van der Waals surface area contributed by atoms with Gasteiger partial charge >= 0.3 is 0 Å². The third-order valence-corrected chi connectivity index (χ3v) is 4.48. The highest BCUT2D eigenvalue weighted by molar-refractivity contribution is 5.70. The summed E-state index contributed by atoms with van der Waals surface area (Å²) in [5, 5.41) is 10.3.